The van der Waals surface area contributed by atoms with Gasteiger partial charge in [-0.15, -0.1) is 0 Å². The zero-order valence-corrected chi connectivity index (χ0v) is 23.4. The normalized spacial score (nSPS) is 15.1. The Morgan fingerprint density at radius 3 is 2.71 bits per heavy atom. The van der Waals surface area contributed by atoms with E-state index in [4.69, 9.17) is 9.72 Å². The fourth-order valence-corrected chi connectivity index (χ4v) is 6.09. The van der Waals surface area contributed by atoms with Crippen LogP contribution in [0.25, 0.3) is 33.4 Å². The molecule has 1 fully saturated rings. The van der Waals surface area contributed by atoms with E-state index in [1.807, 2.05) is 30.7 Å². The first-order valence-electron chi connectivity index (χ1n) is 13.9. The minimum atomic E-state index is -0.990. The number of nitrogens with one attached hydrogen (secondary N) is 1. The van der Waals surface area contributed by atoms with Gasteiger partial charge >= 0.3 is 5.97 Å². The lowest BCUT2D eigenvalue weighted by molar-refractivity contribution is -0.136. The van der Waals surface area contributed by atoms with E-state index >= 15 is 4.39 Å². The highest BCUT2D eigenvalue weighted by Crippen LogP contribution is 2.43. The standard InChI is InChI=1S/C31H32FN5O4/c1-17-20-5-4-12-41-29(20)24(32)14-21(17)28-22(16-27(38)39)18(2)35-30-23(28)15-26(36(30)3)19-6-7-34-25(13-19)31(40)37-10-8-33-9-11-37/h6-7,13-15,33H,4-5,8-12,16H2,1-3H3,(H,38,39). The molecule has 2 aliphatic heterocycles. The van der Waals surface area contributed by atoms with Gasteiger partial charge < -0.3 is 24.6 Å². The molecule has 0 bridgehead atoms. The third kappa shape index (κ3) is 4.72. The number of carboxylic acids is 1. The van der Waals surface area contributed by atoms with Gasteiger partial charge in [0.25, 0.3) is 5.91 Å². The smallest absolute Gasteiger partial charge is 0.307 e. The lowest BCUT2D eigenvalue weighted by Gasteiger charge is -2.27. The van der Waals surface area contributed by atoms with Crippen LogP contribution < -0.4 is 10.1 Å². The van der Waals surface area contributed by atoms with E-state index in [1.165, 1.54) is 6.07 Å². The van der Waals surface area contributed by atoms with Gasteiger partial charge in [-0.3, -0.25) is 14.6 Å². The maximum Gasteiger partial charge on any atom is 0.307 e. The maximum atomic E-state index is 15.4. The number of benzene rings is 1. The second kappa shape index (κ2) is 10.6. The summed E-state index contributed by atoms with van der Waals surface area (Å²) in [5, 5.41) is 13.8. The first-order valence-corrected chi connectivity index (χ1v) is 13.9. The molecule has 212 valence electrons. The van der Waals surface area contributed by atoms with Crippen molar-refractivity contribution in [3.05, 3.63) is 64.4 Å². The van der Waals surface area contributed by atoms with Gasteiger partial charge in [-0.05, 0) is 73.2 Å². The van der Waals surface area contributed by atoms with Crippen molar-refractivity contribution in [2.24, 2.45) is 7.05 Å². The van der Waals surface area contributed by atoms with Crippen molar-refractivity contribution < 1.29 is 23.8 Å². The number of hydrogen-bond donors (Lipinski definition) is 2. The molecule has 41 heavy (non-hydrogen) atoms. The Morgan fingerprint density at radius 2 is 1.95 bits per heavy atom. The van der Waals surface area contributed by atoms with Gasteiger partial charge in [-0.2, -0.15) is 0 Å². The van der Waals surface area contributed by atoms with Crippen molar-refractivity contribution in [1.82, 2.24) is 24.8 Å². The van der Waals surface area contributed by atoms with Crippen molar-refractivity contribution in [3.63, 3.8) is 0 Å². The van der Waals surface area contributed by atoms with Gasteiger partial charge in [0.15, 0.2) is 11.6 Å². The van der Waals surface area contributed by atoms with Gasteiger partial charge in [0.05, 0.1) is 18.7 Å². The van der Waals surface area contributed by atoms with Crippen molar-refractivity contribution in [2.75, 3.05) is 32.8 Å². The summed E-state index contributed by atoms with van der Waals surface area (Å²) in [6.45, 7) is 6.94. The van der Waals surface area contributed by atoms with Crippen LogP contribution in [-0.4, -0.2) is 69.2 Å². The molecule has 4 aromatic rings. The zero-order chi connectivity index (χ0) is 28.8. The summed E-state index contributed by atoms with van der Waals surface area (Å²) in [5.41, 5.74) is 6.68. The van der Waals surface area contributed by atoms with Gasteiger partial charge in [0.2, 0.25) is 0 Å². The van der Waals surface area contributed by atoms with Crippen LogP contribution in [0, 0.1) is 19.7 Å². The molecular formula is C31H32FN5O4. The summed E-state index contributed by atoms with van der Waals surface area (Å²) in [5.74, 6) is -1.28. The topological polar surface area (TPSA) is 110 Å². The molecular weight excluding hydrogens is 525 g/mol. The highest BCUT2D eigenvalue weighted by atomic mass is 19.1. The number of carbonyl (C=O) groups excluding carboxylic acids is 1. The minimum absolute atomic E-state index is 0.118. The number of carboxylic acid groups (broad SMARTS) is 1. The number of aromatic nitrogens is 3. The Hall–Kier alpha value is -4.31. The molecule has 1 amide bonds. The number of ether oxygens (including phenoxy) is 1. The van der Waals surface area contributed by atoms with Crippen LogP contribution in [-0.2, 0) is 24.7 Å². The lowest BCUT2D eigenvalue weighted by Crippen LogP contribution is -2.46. The highest BCUT2D eigenvalue weighted by Gasteiger charge is 2.27. The van der Waals surface area contributed by atoms with Crippen molar-refractivity contribution in [1.29, 1.82) is 0 Å². The molecule has 2 N–H and O–H groups in total. The van der Waals surface area contributed by atoms with Crippen LogP contribution in [0.15, 0.2) is 30.5 Å². The number of piperazine rings is 1. The number of nitrogens with zero attached hydrogens (tertiary/aromatic N) is 4. The molecule has 10 heteroatoms. The van der Waals surface area contributed by atoms with Gasteiger partial charge in [-0.25, -0.2) is 9.37 Å². The Morgan fingerprint density at radius 1 is 1.17 bits per heavy atom. The molecule has 6 rings (SSSR count). The molecule has 0 spiro atoms. The van der Waals surface area contributed by atoms with Crippen LogP contribution in [0.4, 0.5) is 4.39 Å². The third-order valence-corrected chi connectivity index (χ3v) is 8.20. The number of aliphatic carboxylic acids is 1. The van der Waals surface area contributed by atoms with Gasteiger partial charge in [0.1, 0.15) is 11.3 Å². The number of amides is 1. The fraction of sp³-hybridized carbons (Fsp3) is 0.355. The second-order valence-electron chi connectivity index (χ2n) is 10.7. The van der Waals surface area contributed by atoms with E-state index in [9.17, 15) is 14.7 Å². The molecule has 2 aliphatic rings. The molecule has 0 radical (unpaired) electrons. The van der Waals surface area contributed by atoms with Gasteiger partial charge in [-0.1, -0.05) is 0 Å². The summed E-state index contributed by atoms with van der Waals surface area (Å²) < 4.78 is 23.0. The number of pyridine rings is 2. The molecule has 9 nitrogen and oxygen atoms in total. The average molecular weight is 558 g/mol. The number of aryl methyl sites for hydroxylation is 2. The number of fused-ring (bicyclic) bond motifs is 2. The Kier molecular flexibility index (Phi) is 6.94. The SMILES string of the molecule is Cc1nc2c(cc(-c3ccnc(C(=O)N4CCNCC4)c3)n2C)c(-c2cc(F)c3c(c2C)CCCO3)c1CC(=O)O. The van der Waals surface area contributed by atoms with Crippen molar-refractivity contribution in [3.8, 4) is 28.1 Å². The Bertz CT molecular complexity index is 1710. The first kappa shape index (κ1) is 26.9. The molecule has 1 aromatic carbocycles. The van der Waals surface area contributed by atoms with E-state index < -0.39 is 11.8 Å². The van der Waals surface area contributed by atoms with Crippen LogP contribution in [0.1, 0.15) is 39.3 Å². The molecule has 0 atom stereocenters. The molecule has 3 aromatic heterocycles. The van der Waals surface area contributed by atoms with E-state index in [-0.39, 0.29) is 18.1 Å². The minimum Gasteiger partial charge on any atom is -0.490 e. The number of hydrogen-bond acceptors (Lipinski definition) is 6. The van der Waals surface area contributed by atoms with Gasteiger partial charge in [0, 0.05) is 61.6 Å². The molecule has 5 heterocycles. The quantitative estimate of drug-likeness (QED) is 0.381. The fourth-order valence-electron chi connectivity index (χ4n) is 6.09. The summed E-state index contributed by atoms with van der Waals surface area (Å²) in [6.07, 6.45) is 2.85. The number of halogens is 1. The van der Waals surface area contributed by atoms with Crippen LogP contribution >= 0.6 is 0 Å². The molecule has 0 aliphatic carbocycles. The number of carbonyl (C=O) groups is 2. The Balaban J connectivity index is 1.55. The lowest BCUT2D eigenvalue weighted by atomic mass is 9.87. The summed E-state index contributed by atoms with van der Waals surface area (Å²) in [7, 11) is 1.89. The highest BCUT2D eigenvalue weighted by molar-refractivity contribution is 6.01. The van der Waals surface area contributed by atoms with Crippen molar-refractivity contribution >= 4 is 22.9 Å². The maximum absolute atomic E-state index is 15.4. The largest absolute Gasteiger partial charge is 0.490 e. The number of rotatable bonds is 5. The molecule has 0 unspecified atom stereocenters. The van der Waals surface area contributed by atoms with E-state index in [2.05, 4.69) is 10.3 Å². The van der Waals surface area contributed by atoms with E-state index in [0.29, 0.717) is 59.8 Å². The average Bonchev–Trinajstić information content (AvgIpc) is 3.31. The van der Waals surface area contributed by atoms with Crippen molar-refractivity contribution in [2.45, 2.75) is 33.1 Å². The van der Waals surface area contributed by atoms with Crippen LogP contribution in [0.5, 0.6) is 5.75 Å². The van der Waals surface area contributed by atoms with Crippen LogP contribution in [0.2, 0.25) is 0 Å². The van der Waals surface area contributed by atoms with E-state index in [0.717, 1.165) is 47.3 Å². The third-order valence-electron chi connectivity index (χ3n) is 8.20. The Labute approximate surface area is 237 Å². The monoisotopic (exact) mass is 557 g/mol. The molecule has 0 saturated carbocycles. The summed E-state index contributed by atoms with van der Waals surface area (Å²) >= 11 is 0. The van der Waals surface area contributed by atoms with E-state index in [1.54, 1.807) is 24.1 Å². The predicted octanol–water partition coefficient (Wildman–Crippen LogP) is 4.06. The molecule has 1 saturated heterocycles. The summed E-state index contributed by atoms with van der Waals surface area (Å²) in [4.78, 5) is 36.1. The first-order chi connectivity index (χ1) is 19.7. The second-order valence-corrected chi connectivity index (χ2v) is 10.7. The zero-order valence-electron chi connectivity index (χ0n) is 23.4. The predicted molar refractivity (Wildman–Crippen MR) is 153 cm³/mol. The summed E-state index contributed by atoms with van der Waals surface area (Å²) in [6, 6.07) is 7.03. The van der Waals surface area contributed by atoms with Crippen LogP contribution in [0.3, 0.4) is 0 Å².